The van der Waals surface area contributed by atoms with Crippen molar-refractivity contribution in [3.05, 3.63) is 25.3 Å². The number of hydrogen-bond donors (Lipinski definition) is 6. The van der Waals surface area contributed by atoms with Crippen LogP contribution in [-0.2, 0) is 0 Å². The van der Waals surface area contributed by atoms with Crippen LogP contribution >= 0.6 is 0 Å². The molecule has 6 N–H and O–H groups in total. The molecule has 0 rings (SSSR count). The molecule has 0 unspecified atom stereocenters. The Hall–Kier alpha value is -1.57. The predicted octanol–water partition coefficient (Wildman–Crippen LogP) is -2.13. The topological polar surface area (TPSA) is 185 Å². The van der Waals surface area contributed by atoms with E-state index < -0.39 is 16.1 Å². The number of quaternary nitrogens is 2. The Kier molecular flexibility index (Phi) is 12.7. The van der Waals surface area contributed by atoms with Gasteiger partial charge in [-0.05, 0) is 18.3 Å². The molecular formula is C7H16N2O9. The molecule has 0 bridgehead atoms. The molecule has 18 heavy (non-hydrogen) atoms. The Bertz CT molecular complexity index is 218. The first-order chi connectivity index (χ1) is 7.85. The van der Waals surface area contributed by atoms with Crippen molar-refractivity contribution in [2.45, 2.75) is 0 Å². The second-order valence-corrected chi connectivity index (χ2v) is 2.58. The number of rotatable bonds is 4. The maximum absolute atomic E-state index is 8.33. The maximum Gasteiger partial charge on any atom is 0.195 e. The Morgan fingerprint density at radius 1 is 0.889 bits per heavy atom. The van der Waals surface area contributed by atoms with Crippen molar-refractivity contribution < 1.29 is 56.2 Å². The summed E-state index contributed by atoms with van der Waals surface area (Å²) in [7, 11) is 0. The summed E-state index contributed by atoms with van der Waals surface area (Å²) in [6.07, 6.45) is 0.0278. The monoisotopic (exact) mass is 272 g/mol. The van der Waals surface area contributed by atoms with Gasteiger partial charge in [-0.1, -0.05) is 13.2 Å². The number of carbonyl (C=O) groups is 1. The van der Waals surface area contributed by atoms with Gasteiger partial charge in [-0.3, -0.25) is 0 Å². The van der Waals surface area contributed by atoms with E-state index >= 15 is 0 Å². The molecule has 11 nitrogen and oxygen atoms in total. The van der Waals surface area contributed by atoms with E-state index in [0.29, 0.717) is 0 Å². The standard InChI is InChI=1S/2C3H8NO3.CH2O3/c2*1-2-3-4(5,6)7;2-1(3)4/h2*2,5-7H,1,3H2;(H2,2,3,4)/q2*+1;/p-2. The smallest absolute Gasteiger partial charge is 0.195 e. The fraction of sp³-hybridized carbons (Fsp3) is 0.286. The van der Waals surface area contributed by atoms with E-state index in [1.807, 2.05) is 0 Å². The highest BCUT2D eigenvalue weighted by Crippen LogP contribution is 1.84. The van der Waals surface area contributed by atoms with Crippen LogP contribution in [-0.4, -0.2) is 60.4 Å². The predicted molar refractivity (Wildman–Crippen MR) is 46.8 cm³/mol. The third-order valence-corrected chi connectivity index (χ3v) is 0.748. The molecule has 0 amide bonds. The van der Waals surface area contributed by atoms with Gasteiger partial charge in [0.25, 0.3) is 0 Å². The highest BCUT2D eigenvalue weighted by atomic mass is 17.1. The van der Waals surface area contributed by atoms with Gasteiger partial charge in [0, 0.05) is 0 Å². The minimum absolute atomic E-state index is 0.292. The average Bonchev–Trinajstić information content (AvgIpc) is 1.97. The van der Waals surface area contributed by atoms with Gasteiger partial charge in [-0.25, -0.2) is 0 Å². The lowest BCUT2D eigenvalue weighted by Crippen LogP contribution is -2.37. The van der Waals surface area contributed by atoms with Crippen LogP contribution in [0.3, 0.4) is 0 Å². The van der Waals surface area contributed by atoms with Gasteiger partial charge in [-0.15, -0.1) is 31.2 Å². The second-order valence-electron chi connectivity index (χ2n) is 2.58. The molecule has 0 radical (unpaired) electrons. The van der Waals surface area contributed by atoms with E-state index in [-0.39, 0.29) is 13.1 Å². The molecule has 108 valence electrons. The first kappa shape index (κ1) is 21.7. The summed E-state index contributed by atoms with van der Waals surface area (Å²) in [6.45, 7) is 5.72. The van der Waals surface area contributed by atoms with Crippen molar-refractivity contribution in [3.63, 3.8) is 0 Å². The molecule has 0 aromatic heterocycles. The molecule has 0 saturated carbocycles. The van der Waals surface area contributed by atoms with Crippen LogP contribution in [0.2, 0.25) is 0 Å². The molecule has 0 aromatic rings. The molecule has 0 atom stereocenters. The van der Waals surface area contributed by atoms with Crippen LogP contribution in [0, 0.1) is 0 Å². The van der Waals surface area contributed by atoms with E-state index in [1.165, 1.54) is 12.2 Å². The van der Waals surface area contributed by atoms with Crippen LogP contribution in [0.5, 0.6) is 0 Å². The van der Waals surface area contributed by atoms with Gasteiger partial charge in [0.2, 0.25) is 0 Å². The molecular weight excluding hydrogens is 256 g/mol. The summed E-state index contributed by atoms with van der Waals surface area (Å²) < 4.78 is 0. The quantitative estimate of drug-likeness (QED) is 0.189. The molecule has 11 heteroatoms. The third-order valence-electron chi connectivity index (χ3n) is 0.748. The zero-order valence-electron chi connectivity index (χ0n) is 9.29. The Morgan fingerprint density at radius 2 is 1.06 bits per heavy atom. The van der Waals surface area contributed by atoms with Crippen molar-refractivity contribution in [2.75, 3.05) is 13.1 Å². The summed E-state index contributed by atoms with van der Waals surface area (Å²) in [6, 6.07) is 0. The zero-order valence-corrected chi connectivity index (χ0v) is 9.29. The maximum atomic E-state index is 8.33. The molecule has 0 aliphatic rings. The SMILES string of the molecule is C=CC[N+](O)(O)O.C=CC[N+](O)(O)O.O=C([O-])[O-]. The van der Waals surface area contributed by atoms with Crippen LogP contribution in [0.25, 0.3) is 0 Å². The largest absolute Gasteiger partial charge is 0.652 e. The van der Waals surface area contributed by atoms with E-state index in [9.17, 15) is 0 Å². The molecule has 0 aromatic carbocycles. The summed E-state index contributed by atoms with van der Waals surface area (Å²) >= 11 is 0. The number of hydrogen-bond acceptors (Lipinski definition) is 9. The average molecular weight is 272 g/mol. The van der Waals surface area contributed by atoms with Crippen LogP contribution in [0.4, 0.5) is 4.79 Å². The van der Waals surface area contributed by atoms with Gasteiger partial charge in [0.15, 0.2) is 13.1 Å². The number of nitrogens with zero attached hydrogens (tertiary/aromatic N) is 2. The van der Waals surface area contributed by atoms with Gasteiger partial charge in [0.1, 0.15) is 0 Å². The Morgan fingerprint density at radius 3 is 1.06 bits per heavy atom. The highest BCUT2D eigenvalue weighted by molar-refractivity contribution is 5.47. The summed E-state index contributed by atoms with van der Waals surface area (Å²) in [5.74, 6) is 0. The van der Waals surface area contributed by atoms with E-state index in [4.69, 9.17) is 46.3 Å². The summed E-state index contributed by atoms with van der Waals surface area (Å²) in [5.41, 5.74) is 0. The van der Waals surface area contributed by atoms with Crippen molar-refractivity contribution in [1.82, 2.24) is 0 Å². The minimum atomic E-state index is -2.33. The van der Waals surface area contributed by atoms with Crippen molar-refractivity contribution >= 4 is 6.16 Å². The first-order valence-electron chi connectivity index (χ1n) is 4.08. The van der Waals surface area contributed by atoms with Gasteiger partial charge in [0.05, 0.1) is 9.95 Å². The fourth-order valence-corrected chi connectivity index (χ4v) is 0.346. The first-order valence-corrected chi connectivity index (χ1v) is 4.08. The summed E-state index contributed by atoms with van der Waals surface area (Å²) in [5, 5.41) is 64.6. The normalized spacial score (nSPS) is 10.1. The molecule has 0 fully saturated rings. The van der Waals surface area contributed by atoms with Crippen molar-refractivity contribution in [1.29, 1.82) is 0 Å². The number of carboxylic acid groups (broad SMARTS) is 2. The molecule has 0 heterocycles. The lowest BCUT2D eigenvalue weighted by atomic mass is 10.6. The molecule has 0 saturated heterocycles. The summed E-state index contributed by atoms with van der Waals surface area (Å²) in [4.78, 5) is 4.28. The van der Waals surface area contributed by atoms with Crippen LogP contribution in [0.1, 0.15) is 0 Å². The Labute approximate surface area is 102 Å². The zero-order chi connectivity index (χ0) is 15.4. The van der Waals surface area contributed by atoms with E-state index in [1.54, 1.807) is 0 Å². The van der Waals surface area contributed by atoms with Gasteiger partial charge >= 0.3 is 0 Å². The van der Waals surface area contributed by atoms with Crippen LogP contribution in [0.15, 0.2) is 25.3 Å². The van der Waals surface area contributed by atoms with E-state index in [0.717, 1.165) is 0 Å². The number of hydroxylamine groups is 6. The lowest BCUT2D eigenvalue weighted by molar-refractivity contribution is -1.36. The molecule has 0 aliphatic heterocycles. The lowest BCUT2D eigenvalue weighted by Gasteiger charge is -2.06. The Balaban J connectivity index is -0.000000196. The molecule has 0 spiro atoms. The number of carbonyl (C=O) groups excluding carboxylic acids is 1. The van der Waals surface area contributed by atoms with Crippen molar-refractivity contribution in [2.24, 2.45) is 0 Å². The molecule has 0 aliphatic carbocycles. The third kappa shape index (κ3) is 63.0. The second kappa shape index (κ2) is 10.6. The van der Waals surface area contributed by atoms with Crippen LogP contribution < -0.4 is 10.2 Å². The highest BCUT2D eigenvalue weighted by Gasteiger charge is 2.13. The van der Waals surface area contributed by atoms with Crippen molar-refractivity contribution in [3.8, 4) is 0 Å². The minimum Gasteiger partial charge on any atom is -0.652 e. The van der Waals surface area contributed by atoms with Gasteiger partial charge in [-0.2, -0.15) is 0 Å². The van der Waals surface area contributed by atoms with Gasteiger partial charge < -0.3 is 15.0 Å². The fourth-order valence-electron chi connectivity index (χ4n) is 0.346. The van der Waals surface area contributed by atoms with E-state index in [2.05, 4.69) is 13.2 Å².